The minimum atomic E-state index is -3.54. The number of β-lactam (4-membered cyclic amide) rings is 1. The maximum atomic E-state index is 12.0. The molecule has 0 aromatic heterocycles. The van der Waals surface area contributed by atoms with Gasteiger partial charge in [-0.15, -0.1) is 11.6 Å². The second-order valence-corrected chi connectivity index (χ2v) is 7.46. The number of esters is 1. The van der Waals surface area contributed by atoms with E-state index in [1.54, 1.807) is 13.8 Å². The van der Waals surface area contributed by atoms with Crippen molar-refractivity contribution in [3.63, 3.8) is 0 Å². The Morgan fingerprint density at radius 1 is 1.47 bits per heavy atom. The van der Waals surface area contributed by atoms with E-state index in [1.165, 1.54) is 6.92 Å². The SMILES string of the molecule is CC1=C(C(=O)OC(C)C)N2C(=O)[C@H](Cl)[C@H]2S(=O)(=O)C1. The first-order chi connectivity index (χ1) is 8.66. The number of amides is 1. The quantitative estimate of drug-likeness (QED) is 0.419. The molecule has 2 aliphatic rings. The summed E-state index contributed by atoms with van der Waals surface area (Å²) in [5.74, 6) is -1.55. The molecule has 0 bridgehead atoms. The molecule has 0 unspecified atom stereocenters. The highest BCUT2D eigenvalue weighted by Gasteiger charge is 2.59. The minimum absolute atomic E-state index is 0.00965. The number of carbonyl (C=O) groups excluding carboxylic acids is 2. The van der Waals surface area contributed by atoms with Crippen LogP contribution in [-0.2, 0) is 24.2 Å². The number of rotatable bonds is 2. The lowest BCUT2D eigenvalue weighted by molar-refractivity contribution is -0.151. The molecule has 0 aromatic carbocycles. The largest absolute Gasteiger partial charge is 0.458 e. The summed E-state index contributed by atoms with van der Waals surface area (Å²) in [5, 5.41) is -2.28. The third kappa shape index (κ3) is 2.14. The van der Waals surface area contributed by atoms with Gasteiger partial charge >= 0.3 is 5.97 Å². The summed E-state index contributed by atoms with van der Waals surface area (Å²) in [6, 6.07) is 0. The summed E-state index contributed by atoms with van der Waals surface area (Å²) >= 11 is 5.74. The molecular formula is C11H14ClNO5S. The molecule has 0 radical (unpaired) electrons. The number of carbonyl (C=O) groups is 2. The average Bonchev–Trinajstić information content (AvgIpc) is 2.24. The molecule has 0 saturated carbocycles. The van der Waals surface area contributed by atoms with Crippen molar-refractivity contribution < 1.29 is 22.7 Å². The Labute approximate surface area is 116 Å². The summed E-state index contributed by atoms with van der Waals surface area (Å²) in [5.41, 5.74) is 0.314. The number of sulfone groups is 1. The van der Waals surface area contributed by atoms with Crippen molar-refractivity contribution in [2.24, 2.45) is 0 Å². The van der Waals surface area contributed by atoms with Crippen LogP contribution in [0.25, 0.3) is 0 Å². The first kappa shape index (κ1) is 14.3. The van der Waals surface area contributed by atoms with Crippen LogP contribution in [-0.4, -0.2) is 47.8 Å². The number of alkyl halides is 1. The van der Waals surface area contributed by atoms with E-state index in [0.717, 1.165) is 4.90 Å². The summed E-state index contributed by atoms with van der Waals surface area (Å²) in [6.45, 7) is 4.85. The summed E-state index contributed by atoms with van der Waals surface area (Å²) in [7, 11) is -3.54. The molecular weight excluding hydrogens is 294 g/mol. The fraction of sp³-hybridized carbons (Fsp3) is 0.636. The fourth-order valence-corrected chi connectivity index (χ4v) is 4.82. The molecule has 8 heteroatoms. The van der Waals surface area contributed by atoms with Crippen molar-refractivity contribution in [2.45, 2.75) is 37.6 Å². The summed E-state index contributed by atoms with van der Waals surface area (Å²) < 4.78 is 28.9. The first-order valence-corrected chi connectivity index (χ1v) is 7.91. The monoisotopic (exact) mass is 307 g/mol. The van der Waals surface area contributed by atoms with E-state index >= 15 is 0 Å². The highest BCUT2D eigenvalue weighted by molar-refractivity contribution is 7.92. The third-order valence-electron chi connectivity index (χ3n) is 2.95. The Kier molecular flexibility index (Phi) is 3.38. The normalized spacial score (nSPS) is 29.1. The van der Waals surface area contributed by atoms with Crippen LogP contribution in [0.1, 0.15) is 20.8 Å². The molecule has 2 aliphatic heterocycles. The van der Waals surface area contributed by atoms with Crippen LogP contribution >= 0.6 is 11.6 Å². The average molecular weight is 308 g/mol. The number of hydrogen-bond donors (Lipinski definition) is 0. The Hall–Kier alpha value is -1.08. The van der Waals surface area contributed by atoms with Gasteiger partial charge in [0, 0.05) is 0 Å². The smallest absolute Gasteiger partial charge is 0.355 e. The second kappa shape index (κ2) is 4.49. The number of fused-ring (bicyclic) bond motifs is 1. The Balaban J connectivity index is 2.43. The number of hydrogen-bond acceptors (Lipinski definition) is 5. The number of ether oxygens (including phenoxy) is 1. The van der Waals surface area contributed by atoms with Crippen molar-refractivity contribution in [1.82, 2.24) is 4.90 Å². The lowest BCUT2D eigenvalue weighted by Gasteiger charge is -2.46. The number of nitrogens with zero attached hydrogens (tertiary/aromatic N) is 1. The highest BCUT2D eigenvalue weighted by Crippen LogP contribution is 2.39. The predicted molar refractivity (Wildman–Crippen MR) is 68.0 cm³/mol. The van der Waals surface area contributed by atoms with Crippen molar-refractivity contribution in [3.05, 3.63) is 11.3 Å². The molecule has 6 nitrogen and oxygen atoms in total. The van der Waals surface area contributed by atoms with E-state index in [1.807, 2.05) is 0 Å². The van der Waals surface area contributed by atoms with E-state index in [-0.39, 0.29) is 17.6 Å². The molecule has 0 aliphatic carbocycles. The Morgan fingerprint density at radius 3 is 2.58 bits per heavy atom. The van der Waals surface area contributed by atoms with Crippen LogP contribution in [0.5, 0.6) is 0 Å². The lowest BCUT2D eigenvalue weighted by Crippen LogP contribution is -2.68. The van der Waals surface area contributed by atoms with Gasteiger partial charge in [0.05, 0.1) is 11.9 Å². The van der Waals surface area contributed by atoms with Gasteiger partial charge in [-0.25, -0.2) is 13.2 Å². The van der Waals surface area contributed by atoms with Crippen LogP contribution in [0.15, 0.2) is 11.3 Å². The van der Waals surface area contributed by atoms with E-state index in [0.29, 0.717) is 5.57 Å². The van der Waals surface area contributed by atoms with Crippen LogP contribution in [0, 0.1) is 0 Å². The number of halogens is 1. The molecule has 1 amide bonds. The predicted octanol–water partition coefficient (Wildman–Crippen LogP) is 0.416. The molecule has 2 rings (SSSR count). The van der Waals surface area contributed by atoms with Crippen LogP contribution in [0.2, 0.25) is 0 Å². The van der Waals surface area contributed by atoms with Gasteiger partial charge < -0.3 is 4.74 Å². The van der Waals surface area contributed by atoms with Crippen LogP contribution < -0.4 is 0 Å². The fourth-order valence-electron chi connectivity index (χ4n) is 2.21. The highest BCUT2D eigenvalue weighted by atomic mass is 35.5. The van der Waals surface area contributed by atoms with Gasteiger partial charge in [0.15, 0.2) is 15.2 Å². The van der Waals surface area contributed by atoms with Crippen molar-refractivity contribution in [2.75, 3.05) is 5.75 Å². The van der Waals surface area contributed by atoms with Gasteiger partial charge in [0.25, 0.3) is 0 Å². The lowest BCUT2D eigenvalue weighted by atomic mass is 10.1. The van der Waals surface area contributed by atoms with Crippen LogP contribution in [0.4, 0.5) is 0 Å². The zero-order valence-corrected chi connectivity index (χ0v) is 12.3. The molecule has 1 fully saturated rings. The van der Waals surface area contributed by atoms with Crippen LogP contribution in [0.3, 0.4) is 0 Å². The molecule has 2 heterocycles. The van der Waals surface area contributed by atoms with Crippen molar-refractivity contribution >= 4 is 33.3 Å². The Morgan fingerprint density at radius 2 is 2.05 bits per heavy atom. The van der Waals surface area contributed by atoms with E-state index in [4.69, 9.17) is 16.3 Å². The molecule has 2 atom stereocenters. The standard InChI is InChI=1S/C11H14ClNO5S/c1-5(2)18-11(15)8-6(3)4-19(16,17)10-7(12)9(14)13(8)10/h5,7,10H,4H2,1-3H3/t7-,10+/m0/s1. The van der Waals surface area contributed by atoms with Gasteiger partial charge in [0.2, 0.25) is 5.91 Å². The van der Waals surface area contributed by atoms with E-state index < -0.39 is 32.5 Å². The van der Waals surface area contributed by atoms with Crippen molar-refractivity contribution in [1.29, 1.82) is 0 Å². The summed E-state index contributed by atoms with van der Waals surface area (Å²) in [4.78, 5) is 24.6. The summed E-state index contributed by atoms with van der Waals surface area (Å²) in [6.07, 6.45) is -0.354. The second-order valence-electron chi connectivity index (χ2n) is 4.89. The van der Waals surface area contributed by atoms with Gasteiger partial charge in [-0.1, -0.05) is 0 Å². The Bertz CT molecular complexity index is 580. The molecule has 19 heavy (non-hydrogen) atoms. The minimum Gasteiger partial charge on any atom is -0.458 e. The molecule has 1 saturated heterocycles. The van der Waals surface area contributed by atoms with Gasteiger partial charge in [-0.3, -0.25) is 9.69 Å². The maximum absolute atomic E-state index is 12.0. The zero-order valence-electron chi connectivity index (χ0n) is 10.7. The molecule has 106 valence electrons. The molecule has 0 N–H and O–H groups in total. The molecule has 0 aromatic rings. The molecule has 0 spiro atoms. The first-order valence-electron chi connectivity index (χ1n) is 5.76. The zero-order chi connectivity index (χ0) is 14.5. The topological polar surface area (TPSA) is 80.8 Å². The van der Waals surface area contributed by atoms with Gasteiger partial charge in [-0.2, -0.15) is 0 Å². The third-order valence-corrected chi connectivity index (χ3v) is 5.57. The van der Waals surface area contributed by atoms with E-state index in [9.17, 15) is 18.0 Å². The maximum Gasteiger partial charge on any atom is 0.355 e. The van der Waals surface area contributed by atoms with Gasteiger partial charge in [-0.05, 0) is 26.3 Å². The van der Waals surface area contributed by atoms with Crippen molar-refractivity contribution in [3.8, 4) is 0 Å². The van der Waals surface area contributed by atoms with Gasteiger partial charge in [0.1, 0.15) is 11.1 Å². The van der Waals surface area contributed by atoms with E-state index in [2.05, 4.69) is 0 Å².